The Bertz CT molecular complexity index is 1090. The van der Waals surface area contributed by atoms with E-state index in [2.05, 4.69) is 85.6 Å². The van der Waals surface area contributed by atoms with Crippen LogP contribution in [-0.2, 0) is 18.5 Å². The number of likely N-dealkylation sites (tertiary alicyclic amines) is 1. The predicted molar refractivity (Wildman–Crippen MR) is 146 cm³/mol. The molecular weight excluding hydrogens is 430 g/mol. The van der Waals surface area contributed by atoms with Crippen LogP contribution in [0, 0.1) is 6.92 Å². The Morgan fingerprint density at radius 1 is 0.914 bits per heavy atom. The number of piperidine rings is 1. The van der Waals surface area contributed by atoms with E-state index in [1.165, 1.54) is 16.7 Å². The molecule has 35 heavy (non-hydrogen) atoms. The van der Waals surface area contributed by atoms with Gasteiger partial charge in [0, 0.05) is 37.9 Å². The maximum Gasteiger partial charge on any atom is 0.322 e. The SMILES string of the molecule is Cc1cccc(NC(=O)N(Cc2ccc(C(C)(C)C)cc2)C2CCN(Cc3ccccc3)CC2)c1. The monoisotopic (exact) mass is 469 g/mol. The van der Waals surface area contributed by atoms with Crippen LogP contribution in [0.3, 0.4) is 0 Å². The van der Waals surface area contributed by atoms with Crippen molar-refractivity contribution in [3.8, 4) is 0 Å². The summed E-state index contributed by atoms with van der Waals surface area (Å²) in [6.07, 6.45) is 1.96. The number of urea groups is 1. The van der Waals surface area contributed by atoms with E-state index in [4.69, 9.17) is 0 Å². The minimum atomic E-state index is -0.0167. The van der Waals surface area contributed by atoms with Crippen molar-refractivity contribution in [1.29, 1.82) is 0 Å². The molecule has 0 saturated carbocycles. The Hall–Kier alpha value is -3.11. The molecule has 1 aliphatic rings. The summed E-state index contributed by atoms with van der Waals surface area (Å²) < 4.78 is 0. The lowest BCUT2D eigenvalue weighted by molar-refractivity contribution is 0.120. The predicted octanol–water partition coefficient (Wildman–Crippen LogP) is 6.99. The van der Waals surface area contributed by atoms with E-state index in [1.807, 2.05) is 36.1 Å². The first-order valence-electron chi connectivity index (χ1n) is 12.8. The zero-order valence-corrected chi connectivity index (χ0v) is 21.6. The highest BCUT2D eigenvalue weighted by atomic mass is 16.2. The first-order valence-corrected chi connectivity index (χ1v) is 12.8. The molecule has 184 valence electrons. The van der Waals surface area contributed by atoms with Gasteiger partial charge in [-0.15, -0.1) is 0 Å². The molecule has 0 atom stereocenters. The van der Waals surface area contributed by atoms with Crippen LogP contribution < -0.4 is 5.32 Å². The summed E-state index contributed by atoms with van der Waals surface area (Å²) in [6, 6.07) is 27.6. The topological polar surface area (TPSA) is 35.6 Å². The summed E-state index contributed by atoms with van der Waals surface area (Å²) in [6.45, 7) is 12.3. The maximum atomic E-state index is 13.5. The van der Waals surface area contributed by atoms with E-state index in [0.717, 1.165) is 43.7 Å². The van der Waals surface area contributed by atoms with Crippen molar-refractivity contribution in [2.75, 3.05) is 18.4 Å². The molecule has 0 aliphatic carbocycles. The normalized spacial score (nSPS) is 15.1. The standard InChI is InChI=1S/C31H39N3O/c1-24-9-8-12-28(21-24)32-30(35)34(23-26-13-15-27(16-14-26)31(2,3)4)29-17-19-33(20-18-29)22-25-10-6-5-7-11-25/h5-16,21,29H,17-20,22-23H2,1-4H3,(H,32,35). The average Bonchev–Trinajstić information content (AvgIpc) is 2.83. The van der Waals surface area contributed by atoms with Gasteiger partial charge < -0.3 is 10.2 Å². The number of nitrogens with zero attached hydrogens (tertiary/aromatic N) is 2. The quantitative estimate of drug-likeness (QED) is 0.422. The summed E-state index contributed by atoms with van der Waals surface area (Å²) in [4.78, 5) is 18.1. The van der Waals surface area contributed by atoms with Crippen LogP contribution in [0.2, 0.25) is 0 Å². The van der Waals surface area contributed by atoms with E-state index < -0.39 is 0 Å². The first-order chi connectivity index (χ1) is 16.8. The summed E-state index contributed by atoms with van der Waals surface area (Å²) in [5, 5.41) is 3.16. The Morgan fingerprint density at radius 2 is 1.60 bits per heavy atom. The van der Waals surface area contributed by atoms with Crippen LogP contribution >= 0.6 is 0 Å². The highest BCUT2D eigenvalue weighted by molar-refractivity contribution is 5.89. The summed E-state index contributed by atoms with van der Waals surface area (Å²) in [5.74, 6) is 0. The second-order valence-corrected chi connectivity index (χ2v) is 10.9. The Kier molecular flexibility index (Phi) is 7.92. The molecule has 3 aromatic rings. The fraction of sp³-hybridized carbons (Fsp3) is 0.387. The molecule has 1 fully saturated rings. The lowest BCUT2D eigenvalue weighted by atomic mass is 9.86. The number of carbonyl (C=O) groups is 1. The highest BCUT2D eigenvalue weighted by Gasteiger charge is 2.28. The van der Waals surface area contributed by atoms with Crippen molar-refractivity contribution in [2.24, 2.45) is 0 Å². The molecule has 1 aliphatic heterocycles. The first kappa shape index (κ1) is 25.0. The van der Waals surface area contributed by atoms with Gasteiger partial charge >= 0.3 is 6.03 Å². The summed E-state index contributed by atoms with van der Waals surface area (Å²) in [5.41, 5.74) is 5.94. The van der Waals surface area contributed by atoms with Gasteiger partial charge in [0.1, 0.15) is 0 Å². The minimum Gasteiger partial charge on any atom is -0.317 e. The van der Waals surface area contributed by atoms with E-state index in [1.54, 1.807) is 0 Å². The molecule has 3 aromatic carbocycles. The number of hydrogen-bond donors (Lipinski definition) is 1. The van der Waals surface area contributed by atoms with Gasteiger partial charge in [-0.25, -0.2) is 4.79 Å². The number of nitrogens with one attached hydrogen (secondary N) is 1. The Labute approximate surface area is 211 Å². The summed E-state index contributed by atoms with van der Waals surface area (Å²) in [7, 11) is 0. The third kappa shape index (κ3) is 6.95. The van der Waals surface area contributed by atoms with Gasteiger partial charge in [-0.1, -0.05) is 87.5 Å². The number of aryl methyl sites for hydroxylation is 1. The van der Waals surface area contributed by atoms with Crippen LogP contribution in [0.1, 0.15) is 55.9 Å². The van der Waals surface area contributed by atoms with Crippen molar-refractivity contribution < 1.29 is 4.79 Å². The van der Waals surface area contributed by atoms with Crippen LogP contribution in [0.25, 0.3) is 0 Å². The molecule has 4 rings (SSSR count). The molecule has 0 unspecified atom stereocenters. The van der Waals surface area contributed by atoms with Gasteiger partial charge in [-0.2, -0.15) is 0 Å². The minimum absolute atomic E-state index is 0.0167. The van der Waals surface area contributed by atoms with Crippen LogP contribution in [0.4, 0.5) is 10.5 Å². The molecule has 1 N–H and O–H groups in total. The average molecular weight is 470 g/mol. The summed E-state index contributed by atoms with van der Waals surface area (Å²) >= 11 is 0. The number of rotatable bonds is 6. The van der Waals surface area contributed by atoms with Crippen molar-refractivity contribution in [3.63, 3.8) is 0 Å². The molecular formula is C31H39N3O. The van der Waals surface area contributed by atoms with Crippen LogP contribution in [-0.4, -0.2) is 35.0 Å². The third-order valence-corrected chi connectivity index (χ3v) is 6.95. The Balaban J connectivity index is 1.47. The maximum absolute atomic E-state index is 13.5. The second-order valence-electron chi connectivity index (χ2n) is 10.9. The molecule has 0 spiro atoms. The smallest absolute Gasteiger partial charge is 0.317 e. The van der Waals surface area contributed by atoms with E-state index in [0.29, 0.717) is 6.54 Å². The number of anilines is 1. The van der Waals surface area contributed by atoms with E-state index in [9.17, 15) is 4.79 Å². The third-order valence-electron chi connectivity index (χ3n) is 6.95. The van der Waals surface area contributed by atoms with Gasteiger partial charge in [0.05, 0.1) is 0 Å². The van der Waals surface area contributed by atoms with Crippen molar-refractivity contribution in [1.82, 2.24) is 9.80 Å². The van der Waals surface area contributed by atoms with Gasteiger partial charge in [0.2, 0.25) is 0 Å². The fourth-order valence-electron chi connectivity index (χ4n) is 4.82. The number of amides is 2. The van der Waals surface area contributed by atoms with Gasteiger partial charge in [0.25, 0.3) is 0 Å². The van der Waals surface area contributed by atoms with Crippen LogP contribution in [0.15, 0.2) is 78.9 Å². The molecule has 0 aromatic heterocycles. The lowest BCUT2D eigenvalue weighted by Gasteiger charge is -2.38. The number of benzene rings is 3. The molecule has 0 bridgehead atoms. The zero-order valence-electron chi connectivity index (χ0n) is 21.6. The van der Waals surface area contributed by atoms with Gasteiger partial charge in [0.15, 0.2) is 0 Å². The van der Waals surface area contributed by atoms with Crippen molar-refractivity contribution in [3.05, 3.63) is 101 Å². The van der Waals surface area contributed by atoms with Gasteiger partial charge in [-0.3, -0.25) is 4.90 Å². The fourth-order valence-corrected chi connectivity index (χ4v) is 4.82. The number of carbonyl (C=O) groups excluding carboxylic acids is 1. The Morgan fingerprint density at radius 3 is 2.23 bits per heavy atom. The van der Waals surface area contributed by atoms with Gasteiger partial charge in [-0.05, 0) is 59.6 Å². The van der Waals surface area contributed by atoms with Crippen molar-refractivity contribution in [2.45, 2.75) is 65.1 Å². The van der Waals surface area contributed by atoms with Crippen LogP contribution in [0.5, 0.6) is 0 Å². The molecule has 4 heteroatoms. The molecule has 2 amide bonds. The zero-order chi connectivity index (χ0) is 24.8. The largest absolute Gasteiger partial charge is 0.322 e. The molecule has 0 radical (unpaired) electrons. The number of hydrogen-bond acceptors (Lipinski definition) is 2. The molecule has 4 nitrogen and oxygen atoms in total. The highest BCUT2D eigenvalue weighted by Crippen LogP contribution is 2.25. The van der Waals surface area contributed by atoms with E-state index >= 15 is 0 Å². The molecule has 1 heterocycles. The van der Waals surface area contributed by atoms with Crippen molar-refractivity contribution >= 4 is 11.7 Å². The second kappa shape index (κ2) is 11.1. The van der Waals surface area contributed by atoms with E-state index in [-0.39, 0.29) is 17.5 Å². The molecule has 1 saturated heterocycles. The lowest BCUT2D eigenvalue weighted by Crippen LogP contribution is -2.48.